The summed E-state index contributed by atoms with van der Waals surface area (Å²) in [5.74, 6) is 2.62. The van der Waals surface area contributed by atoms with Crippen LogP contribution >= 0.6 is 0 Å². The molecule has 0 amide bonds. The highest BCUT2D eigenvalue weighted by Crippen LogP contribution is 2.25. The molecule has 132 valence electrons. The number of fused-ring (bicyclic) bond motifs is 1. The van der Waals surface area contributed by atoms with Crippen LogP contribution in [-0.2, 0) is 16.4 Å². The maximum Gasteiger partial charge on any atom is 0.261 e. The van der Waals surface area contributed by atoms with Gasteiger partial charge in [0, 0.05) is 17.5 Å². The van der Waals surface area contributed by atoms with Gasteiger partial charge in [-0.1, -0.05) is 35.9 Å². The molecule has 0 bridgehead atoms. The summed E-state index contributed by atoms with van der Waals surface area (Å²) in [6.45, 7) is 1.92. The summed E-state index contributed by atoms with van der Waals surface area (Å²) in [5.41, 5.74) is 3.02. The minimum Gasteiger partial charge on any atom is -0.277 e. The smallest absolute Gasteiger partial charge is 0.261 e. The quantitative estimate of drug-likeness (QED) is 0.524. The number of hydrogen-bond acceptors (Lipinski definition) is 3. The van der Waals surface area contributed by atoms with Gasteiger partial charge in [0.1, 0.15) is 0 Å². The molecule has 0 radical (unpaired) electrons. The summed E-state index contributed by atoms with van der Waals surface area (Å²) in [6, 6.07) is 16.1. The van der Waals surface area contributed by atoms with Gasteiger partial charge in [-0.05, 0) is 44.0 Å². The summed E-state index contributed by atoms with van der Waals surface area (Å²) in [7, 11) is -3.67. The van der Waals surface area contributed by atoms with E-state index in [1.54, 1.807) is 30.3 Å². The zero-order valence-electron chi connectivity index (χ0n) is 14.6. The molecule has 0 aliphatic heterocycles. The molecular formula is C21H20N2O2S. The van der Waals surface area contributed by atoms with Gasteiger partial charge in [0.05, 0.1) is 16.1 Å². The Morgan fingerprint density at radius 2 is 1.85 bits per heavy atom. The van der Waals surface area contributed by atoms with E-state index in [0.29, 0.717) is 17.6 Å². The number of para-hydroxylation sites is 1. The van der Waals surface area contributed by atoms with E-state index in [-0.39, 0.29) is 4.90 Å². The maximum absolute atomic E-state index is 12.7. The van der Waals surface area contributed by atoms with Crippen molar-refractivity contribution in [3.05, 3.63) is 65.9 Å². The fraction of sp³-hybridized carbons (Fsp3) is 0.190. The van der Waals surface area contributed by atoms with Crippen molar-refractivity contribution in [1.82, 2.24) is 4.98 Å². The zero-order chi connectivity index (χ0) is 18.6. The van der Waals surface area contributed by atoms with Crippen LogP contribution in [0.5, 0.6) is 0 Å². The standard InChI is InChI=1S/C21H20N2O2S/c1-3-4-5-8-18-13-12-17-7-6-9-20(21(17)22-18)23-26(24,25)19-14-10-16(2)11-15-19/h1,6-7,9-15,23H,4-5,8H2,2H3. The SMILES string of the molecule is C#CCCCc1ccc2cccc(NS(=O)(=O)c3ccc(C)cc3)c2n1. The van der Waals surface area contributed by atoms with Crippen molar-refractivity contribution in [2.45, 2.75) is 31.1 Å². The van der Waals surface area contributed by atoms with E-state index in [4.69, 9.17) is 6.42 Å². The number of nitrogens with one attached hydrogen (secondary N) is 1. The van der Waals surface area contributed by atoms with E-state index >= 15 is 0 Å². The van der Waals surface area contributed by atoms with Gasteiger partial charge in [-0.2, -0.15) is 0 Å². The van der Waals surface area contributed by atoms with Crippen LogP contribution in [0.15, 0.2) is 59.5 Å². The van der Waals surface area contributed by atoms with Gasteiger partial charge in [0.25, 0.3) is 10.0 Å². The first-order valence-electron chi connectivity index (χ1n) is 8.41. The van der Waals surface area contributed by atoms with Crippen LogP contribution in [0.1, 0.15) is 24.1 Å². The average Bonchev–Trinajstić information content (AvgIpc) is 2.62. The predicted octanol–water partition coefficient (Wildman–Crippen LogP) is 4.30. The number of pyridine rings is 1. The minimum absolute atomic E-state index is 0.227. The molecule has 0 fully saturated rings. The number of aromatic nitrogens is 1. The molecule has 0 spiro atoms. The van der Waals surface area contributed by atoms with Gasteiger partial charge >= 0.3 is 0 Å². The molecule has 1 aromatic heterocycles. The topological polar surface area (TPSA) is 59.1 Å². The Balaban J connectivity index is 1.95. The number of terminal acetylenes is 1. The molecule has 1 N–H and O–H groups in total. The highest BCUT2D eigenvalue weighted by molar-refractivity contribution is 7.92. The molecule has 3 rings (SSSR count). The maximum atomic E-state index is 12.7. The predicted molar refractivity (Wildman–Crippen MR) is 106 cm³/mol. The number of anilines is 1. The summed E-state index contributed by atoms with van der Waals surface area (Å²) >= 11 is 0. The largest absolute Gasteiger partial charge is 0.277 e. The van der Waals surface area contributed by atoms with Crippen molar-refractivity contribution in [3.8, 4) is 12.3 Å². The van der Waals surface area contributed by atoms with Crippen LogP contribution in [0.4, 0.5) is 5.69 Å². The molecule has 2 aromatic carbocycles. The lowest BCUT2D eigenvalue weighted by Crippen LogP contribution is -2.13. The highest BCUT2D eigenvalue weighted by Gasteiger charge is 2.16. The molecular weight excluding hydrogens is 344 g/mol. The lowest BCUT2D eigenvalue weighted by atomic mass is 10.1. The zero-order valence-corrected chi connectivity index (χ0v) is 15.4. The van der Waals surface area contributed by atoms with E-state index < -0.39 is 10.0 Å². The minimum atomic E-state index is -3.67. The van der Waals surface area contributed by atoms with Gasteiger partial charge in [-0.3, -0.25) is 9.71 Å². The molecule has 5 heteroatoms. The van der Waals surface area contributed by atoms with Crippen molar-refractivity contribution in [1.29, 1.82) is 0 Å². The number of rotatable bonds is 6. The highest BCUT2D eigenvalue weighted by atomic mass is 32.2. The van der Waals surface area contributed by atoms with E-state index in [1.807, 2.05) is 31.2 Å². The Kier molecular flexibility index (Phi) is 5.24. The molecule has 0 saturated heterocycles. The van der Waals surface area contributed by atoms with Crippen molar-refractivity contribution in [2.24, 2.45) is 0 Å². The molecule has 4 nitrogen and oxygen atoms in total. The van der Waals surface area contributed by atoms with Crippen LogP contribution < -0.4 is 4.72 Å². The normalized spacial score (nSPS) is 11.2. The van der Waals surface area contributed by atoms with Gasteiger partial charge in [-0.15, -0.1) is 12.3 Å². The van der Waals surface area contributed by atoms with Crippen molar-refractivity contribution in [3.63, 3.8) is 0 Å². The molecule has 0 aliphatic rings. The monoisotopic (exact) mass is 364 g/mol. The third-order valence-corrected chi connectivity index (χ3v) is 5.49. The summed E-state index contributed by atoms with van der Waals surface area (Å²) in [5, 5.41) is 0.884. The lowest BCUT2D eigenvalue weighted by Gasteiger charge is -2.11. The second-order valence-corrected chi connectivity index (χ2v) is 7.84. The Morgan fingerprint density at radius 3 is 2.58 bits per heavy atom. The van der Waals surface area contributed by atoms with Crippen molar-refractivity contribution < 1.29 is 8.42 Å². The first-order chi connectivity index (χ1) is 12.5. The first-order valence-corrected chi connectivity index (χ1v) is 9.89. The first kappa shape index (κ1) is 18.0. The van der Waals surface area contributed by atoms with Crippen LogP contribution in [0.3, 0.4) is 0 Å². The van der Waals surface area contributed by atoms with E-state index in [2.05, 4.69) is 15.6 Å². The summed E-state index contributed by atoms with van der Waals surface area (Å²) < 4.78 is 28.1. The van der Waals surface area contributed by atoms with Gasteiger partial charge in [0.2, 0.25) is 0 Å². The van der Waals surface area contributed by atoms with E-state index in [0.717, 1.165) is 29.5 Å². The van der Waals surface area contributed by atoms with Crippen molar-refractivity contribution >= 4 is 26.6 Å². The van der Waals surface area contributed by atoms with Crippen molar-refractivity contribution in [2.75, 3.05) is 4.72 Å². The van der Waals surface area contributed by atoms with E-state index in [1.165, 1.54) is 0 Å². The summed E-state index contributed by atoms with van der Waals surface area (Å²) in [4.78, 5) is 4.87. The average molecular weight is 364 g/mol. The molecule has 3 aromatic rings. The molecule has 1 heterocycles. The van der Waals surface area contributed by atoms with Gasteiger partial charge < -0.3 is 0 Å². The third kappa shape index (κ3) is 4.04. The Hall–Kier alpha value is -2.84. The fourth-order valence-corrected chi connectivity index (χ4v) is 3.77. The van der Waals surface area contributed by atoms with Gasteiger partial charge in [0.15, 0.2) is 0 Å². The molecule has 0 aliphatic carbocycles. The second kappa shape index (κ2) is 7.59. The number of aryl methyl sites for hydroxylation is 2. The molecule has 26 heavy (non-hydrogen) atoms. The number of unbranched alkanes of at least 4 members (excludes halogenated alkanes) is 1. The number of nitrogens with zero attached hydrogens (tertiary/aromatic N) is 1. The van der Waals surface area contributed by atoms with E-state index in [9.17, 15) is 8.42 Å². The third-order valence-electron chi connectivity index (χ3n) is 4.11. The Bertz CT molecular complexity index is 1070. The number of sulfonamides is 1. The lowest BCUT2D eigenvalue weighted by molar-refractivity contribution is 0.601. The summed E-state index contributed by atoms with van der Waals surface area (Å²) in [6.07, 6.45) is 7.61. The fourth-order valence-electron chi connectivity index (χ4n) is 2.70. The van der Waals surface area contributed by atoms with Crippen LogP contribution in [0, 0.1) is 19.3 Å². The van der Waals surface area contributed by atoms with Crippen LogP contribution in [0.2, 0.25) is 0 Å². The number of benzene rings is 2. The van der Waals surface area contributed by atoms with Gasteiger partial charge in [-0.25, -0.2) is 8.42 Å². The van der Waals surface area contributed by atoms with Crippen LogP contribution in [-0.4, -0.2) is 13.4 Å². The molecule has 0 saturated carbocycles. The number of hydrogen-bond donors (Lipinski definition) is 1. The Morgan fingerprint density at radius 1 is 1.08 bits per heavy atom. The van der Waals surface area contributed by atoms with Crippen LogP contribution in [0.25, 0.3) is 10.9 Å². The molecule has 0 unspecified atom stereocenters. The Labute approximate surface area is 154 Å². The second-order valence-electron chi connectivity index (χ2n) is 6.16. The molecule has 0 atom stereocenters.